The Hall–Kier alpha value is -1.24. The van der Waals surface area contributed by atoms with Crippen LogP contribution in [0.1, 0.15) is 32.4 Å². The van der Waals surface area contributed by atoms with Crippen molar-refractivity contribution in [1.82, 2.24) is 9.78 Å². The summed E-state index contributed by atoms with van der Waals surface area (Å²) in [5.41, 5.74) is 2.12. The van der Waals surface area contributed by atoms with Crippen LogP contribution in [0.5, 0.6) is 0 Å². The van der Waals surface area contributed by atoms with Crippen molar-refractivity contribution in [1.29, 1.82) is 0 Å². The highest BCUT2D eigenvalue weighted by Gasteiger charge is 2.53. The van der Waals surface area contributed by atoms with Crippen LogP contribution in [-0.2, 0) is 5.60 Å². The van der Waals surface area contributed by atoms with Gasteiger partial charge in [0.15, 0.2) is 5.60 Å². The minimum atomic E-state index is -4.79. The standard InChI is InChI=1S/C9H14F3N3O/c1-5(2)15-7(13)6(4-14-15)8(3,16)9(10,11)12/h4-5,16H,13H2,1-3H3/t8-/m0/s1. The smallest absolute Gasteiger partial charge is 0.384 e. The summed E-state index contributed by atoms with van der Waals surface area (Å²) in [7, 11) is 0. The van der Waals surface area contributed by atoms with Crippen molar-refractivity contribution in [2.45, 2.75) is 38.6 Å². The molecule has 0 aliphatic carbocycles. The van der Waals surface area contributed by atoms with Crippen molar-refractivity contribution < 1.29 is 18.3 Å². The van der Waals surface area contributed by atoms with Gasteiger partial charge in [0.05, 0.1) is 11.8 Å². The molecule has 7 heteroatoms. The Balaban J connectivity index is 3.25. The Bertz CT molecular complexity index is 382. The molecule has 0 aliphatic rings. The number of alkyl halides is 3. The van der Waals surface area contributed by atoms with Crippen molar-refractivity contribution in [2.75, 3.05) is 5.73 Å². The first-order valence-electron chi connectivity index (χ1n) is 4.71. The Labute approximate surface area is 90.9 Å². The number of nitrogens with zero attached hydrogens (tertiary/aromatic N) is 2. The van der Waals surface area contributed by atoms with E-state index in [4.69, 9.17) is 5.73 Å². The second-order valence-electron chi connectivity index (χ2n) is 4.05. The topological polar surface area (TPSA) is 64.1 Å². The molecule has 16 heavy (non-hydrogen) atoms. The van der Waals surface area contributed by atoms with Gasteiger partial charge in [0.25, 0.3) is 0 Å². The molecule has 1 atom stereocenters. The van der Waals surface area contributed by atoms with E-state index in [0.717, 1.165) is 6.20 Å². The lowest BCUT2D eigenvalue weighted by Crippen LogP contribution is -2.39. The average Bonchev–Trinajstić information content (AvgIpc) is 2.44. The van der Waals surface area contributed by atoms with Crippen LogP contribution in [0.3, 0.4) is 0 Å². The van der Waals surface area contributed by atoms with Gasteiger partial charge in [-0.3, -0.25) is 0 Å². The van der Waals surface area contributed by atoms with Crippen LogP contribution >= 0.6 is 0 Å². The molecule has 4 nitrogen and oxygen atoms in total. The van der Waals surface area contributed by atoms with E-state index < -0.39 is 17.3 Å². The summed E-state index contributed by atoms with van der Waals surface area (Å²) in [5, 5.41) is 13.2. The largest absolute Gasteiger partial charge is 0.421 e. The van der Waals surface area contributed by atoms with Gasteiger partial charge in [0.1, 0.15) is 5.82 Å². The van der Waals surface area contributed by atoms with Gasteiger partial charge in [-0.25, -0.2) is 4.68 Å². The number of anilines is 1. The molecule has 1 rings (SSSR count). The predicted molar refractivity (Wildman–Crippen MR) is 52.7 cm³/mol. The van der Waals surface area contributed by atoms with E-state index in [1.807, 2.05) is 0 Å². The van der Waals surface area contributed by atoms with Crippen LogP contribution in [0, 0.1) is 0 Å². The number of halogens is 3. The van der Waals surface area contributed by atoms with Crippen molar-refractivity contribution in [3.8, 4) is 0 Å². The Morgan fingerprint density at radius 2 is 1.94 bits per heavy atom. The van der Waals surface area contributed by atoms with E-state index in [2.05, 4.69) is 5.10 Å². The van der Waals surface area contributed by atoms with Crippen molar-refractivity contribution in [3.05, 3.63) is 11.8 Å². The number of hydrogen-bond acceptors (Lipinski definition) is 3. The van der Waals surface area contributed by atoms with Gasteiger partial charge < -0.3 is 10.8 Å². The molecule has 0 saturated heterocycles. The second-order valence-corrected chi connectivity index (χ2v) is 4.05. The molecule has 0 fully saturated rings. The number of hydrogen-bond donors (Lipinski definition) is 2. The third-order valence-corrected chi connectivity index (χ3v) is 2.40. The SMILES string of the molecule is CC(C)n1ncc([C@](C)(O)C(F)(F)F)c1N. The van der Waals surface area contributed by atoms with Gasteiger partial charge in [-0.05, 0) is 20.8 Å². The normalized spacial score (nSPS) is 16.5. The molecule has 1 aromatic heterocycles. The first-order chi connectivity index (χ1) is 7.09. The Morgan fingerprint density at radius 1 is 1.44 bits per heavy atom. The van der Waals surface area contributed by atoms with Crippen LogP contribution in [-0.4, -0.2) is 21.1 Å². The van der Waals surface area contributed by atoms with Crippen molar-refractivity contribution >= 4 is 5.82 Å². The summed E-state index contributed by atoms with van der Waals surface area (Å²) < 4.78 is 38.9. The fourth-order valence-electron chi connectivity index (χ4n) is 1.31. The molecule has 0 unspecified atom stereocenters. The first kappa shape index (κ1) is 12.8. The fourth-order valence-corrected chi connectivity index (χ4v) is 1.31. The van der Waals surface area contributed by atoms with Crippen LogP contribution in [0.2, 0.25) is 0 Å². The lowest BCUT2D eigenvalue weighted by atomic mass is 9.98. The van der Waals surface area contributed by atoms with Crippen LogP contribution in [0.4, 0.5) is 19.0 Å². The summed E-state index contributed by atoms with van der Waals surface area (Å²) in [6, 6.07) is -0.169. The van der Waals surface area contributed by atoms with E-state index >= 15 is 0 Å². The lowest BCUT2D eigenvalue weighted by Gasteiger charge is -2.25. The summed E-state index contributed by atoms with van der Waals surface area (Å²) in [4.78, 5) is 0. The van der Waals surface area contributed by atoms with E-state index in [1.54, 1.807) is 13.8 Å². The maximum absolute atomic E-state index is 12.6. The highest BCUT2D eigenvalue weighted by Crippen LogP contribution is 2.40. The summed E-state index contributed by atoms with van der Waals surface area (Å²) in [6.45, 7) is 4.12. The molecule has 1 aromatic rings. The van der Waals surface area contributed by atoms with Gasteiger partial charge in [-0.2, -0.15) is 18.3 Å². The average molecular weight is 237 g/mol. The molecule has 0 bridgehead atoms. The molecule has 92 valence electrons. The fraction of sp³-hybridized carbons (Fsp3) is 0.667. The second kappa shape index (κ2) is 3.65. The molecule has 0 aliphatic heterocycles. The number of aromatic nitrogens is 2. The molecule has 3 N–H and O–H groups in total. The highest BCUT2D eigenvalue weighted by molar-refractivity contribution is 5.43. The molecular weight excluding hydrogens is 223 g/mol. The maximum atomic E-state index is 12.6. The third-order valence-electron chi connectivity index (χ3n) is 2.40. The number of nitrogens with two attached hydrogens (primary N) is 1. The van der Waals surface area contributed by atoms with Gasteiger partial charge in [0, 0.05) is 6.04 Å². The molecule has 0 amide bonds. The molecule has 0 spiro atoms. The van der Waals surface area contributed by atoms with Crippen molar-refractivity contribution in [3.63, 3.8) is 0 Å². The van der Waals surface area contributed by atoms with Crippen LogP contribution in [0.15, 0.2) is 6.20 Å². The number of rotatable bonds is 2. The summed E-state index contributed by atoms with van der Waals surface area (Å²) in [6.07, 6.45) is -3.84. The van der Waals surface area contributed by atoms with E-state index in [9.17, 15) is 18.3 Å². The quantitative estimate of drug-likeness (QED) is 0.824. The molecule has 0 saturated carbocycles. The highest BCUT2D eigenvalue weighted by atomic mass is 19.4. The van der Waals surface area contributed by atoms with Gasteiger partial charge >= 0.3 is 6.18 Å². The van der Waals surface area contributed by atoms with Crippen LogP contribution < -0.4 is 5.73 Å². The zero-order valence-electron chi connectivity index (χ0n) is 9.21. The number of aliphatic hydroxyl groups is 1. The molecule has 0 aromatic carbocycles. The third kappa shape index (κ3) is 1.87. The molecular formula is C9H14F3N3O. The van der Waals surface area contributed by atoms with E-state index in [1.165, 1.54) is 4.68 Å². The summed E-state index contributed by atoms with van der Waals surface area (Å²) in [5.74, 6) is -0.169. The van der Waals surface area contributed by atoms with Gasteiger partial charge in [-0.15, -0.1) is 0 Å². The van der Waals surface area contributed by atoms with E-state index in [-0.39, 0.29) is 11.9 Å². The van der Waals surface area contributed by atoms with Gasteiger partial charge in [0.2, 0.25) is 0 Å². The molecule has 1 heterocycles. The Kier molecular flexibility index (Phi) is 2.93. The van der Waals surface area contributed by atoms with E-state index in [0.29, 0.717) is 6.92 Å². The van der Waals surface area contributed by atoms with Crippen molar-refractivity contribution in [2.24, 2.45) is 0 Å². The lowest BCUT2D eigenvalue weighted by molar-refractivity contribution is -0.258. The number of nitrogen functional groups attached to an aromatic ring is 1. The summed E-state index contributed by atoms with van der Waals surface area (Å²) >= 11 is 0. The molecule has 0 radical (unpaired) electrons. The predicted octanol–water partition coefficient (Wildman–Crippen LogP) is 1.82. The minimum Gasteiger partial charge on any atom is -0.384 e. The van der Waals surface area contributed by atoms with Gasteiger partial charge in [-0.1, -0.05) is 0 Å². The Morgan fingerprint density at radius 3 is 2.25 bits per heavy atom. The zero-order valence-corrected chi connectivity index (χ0v) is 9.21. The maximum Gasteiger partial charge on any atom is 0.421 e. The van der Waals surface area contributed by atoms with Crippen LogP contribution in [0.25, 0.3) is 0 Å². The monoisotopic (exact) mass is 237 g/mol. The first-order valence-corrected chi connectivity index (χ1v) is 4.71. The zero-order chi connectivity index (χ0) is 12.7. The minimum absolute atomic E-state index is 0.169.